The number of nitrogens with one attached hydrogen (secondary N) is 2. The summed E-state index contributed by atoms with van der Waals surface area (Å²) in [5.74, 6) is -0.101. The van der Waals surface area contributed by atoms with Crippen molar-refractivity contribution in [2.75, 3.05) is 18.4 Å². The van der Waals surface area contributed by atoms with Crippen LogP contribution in [0.2, 0.25) is 0 Å². The van der Waals surface area contributed by atoms with E-state index in [1.165, 1.54) is 6.42 Å². The summed E-state index contributed by atoms with van der Waals surface area (Å²) in [4.78, 5) is 26.6. The maximum Gasteiger partial charge on any atom is 0.254 e. The quantitative estimate of drug-likeness (QED) is 0.760. The number of benzene rings is 1. The molecule has 1 aromatic rings. The highest BCUT2D eigenvalue weighted by molar-refractivity contribution is 5.97. The SMILES string of the molecule is CC1CCCCN1C(=O)c1ccc(NC(=O)C2CC(O)CN2)cc1.Cl. The zero-order chi connectivity index (χ0) is 17.1. The van der Waals surface area contributed by atoms with Gasteiger partial charge in [0.15, 0.2) is 0 Å². The molecule has 2 heterocycles. The second kappa shape index (κ2) is 8.65. The molecule has 138 valence electrons. The monoisotopic (exact) mass is 367 g/mol. The molecule has 1 aromatic carbocycles. The highest BCUT2D eigenvalue weighted by Gasteiger charge is 2.28. The summed E-state index contributed by atoms with van der Waals surface area (Å²) >= 11 is 0. The molecule has 3 N–H and O–H groups in total. The fraction of sp³-hybridized carbons (Fsp3) is 0.556. The van der Waals surface area contributed by atoms with Gasteiger partial charge < -0.3 is 20.6 Å². The first-order chi connectivity index (χ1) is 11.5. The number of rotatable bonds is 3. The Morgan fingerprint density at radius 1 is 1.24 bits per heavy atom. The third-order valence-corrected chi connectivity index (χ3v) is 4.89. The van der Waals surface area contributed by atoms with E-state index >= 15 is 0 Å². The zero-order valence-electron chi connectivity index (χ0n) is 14.4. The molecule has 7 heteroatoms. The summed E-state index contributed by atoms with van der Waals surface area (Å²) in [5.41, 5.74) is 1.31. The van der Waals surface area contributed by atoms with E-state index < -0.39 is 6.10 Å². The van der Waals surface area contributed by atoms with E-state index in [0.717, 1.165) is 19.4 Å². The van der Waals surface area contributed by atoms with E-state index in [1.807, 2.05) is 4.90 Å². The summed E-state index contributed by atoms with van der Waals surface area (Å²) in [6.07, 6.45) is 3.26. The molecule has 2 saturated heterocycles. The van der Waals surface area contributed by atoms with E-state index in [9.17, 15) is 14.7 Å². The molecule has 2 amide bonds. The molecule has 2 fully saturated rings. The Morgan fingerprint density at radius 3 is 2.56 bits per heavy atom. The van der Waals surface area contributed by atoms with Gasteiger partial charge >= 0.3 is 0 Å². The fourth-order valence-electron chi connectivity index (χ4n) is 3.41. The fourth-order valence-corrected chi connectivity index (χ4v) is 3.41. The van der Waals surface area contributed by atoms with Gasteiger partial charge in [-0.3, -0.25) is 9.59 Å². The van der Waals surface area contributed by atoms with Crippen LogP contribution in [0.25, 0.3) is 0 Å². The molecule has 0 saturated carbocycles. The molecule has 25 heavy (non-hydrogen) atoms. The number of halogens is 1. The van der Waals surface area contributed by atoms with E-state index in [4.69, 9.17) is 0 Å². The number of likely N-dealkylation sites (tertiary alicyclic amines) is 1. The van der Waals surface area contributed by atoms with E-state index in [0.29, 0.717) is 24.2 Å². The number of carbonyl (C=O) groups is 2. The zero-order valence-corrected chi connectivity index (χ0v) is 15.2. The Kier molecular flexibility index (Phi) is 6.81. The predicted molar refractivity (Wildman–Crippen MR) is 99.1 cm³/mol. The lowest BCUT2D eigenvalue weighted by Crippen LogP contribution is -2.42. The highest BCUT2D eigenvalue weighted by Crippen LogP contribution is 2.20. The molecule has 3 rings (SSSR count). The normalized spacial score (nSPS) is 26.0. The van der Waals surface area contributed by atoms with Gasteiger partial charge in [-0.1, -0.05) is 0 Å². The number of carbonyl (C=O) groups excluding carboxylic acids is 2. The Balaban J connectivity index is 0.00000225. The van der Waals surface area contributed by atoms with Gasteiger partial charge in [0.25, 0.3) is 5.91 Å². The number of hydrogen-bond acceptors (Lipinski definition) is 4. The molecule has 2 aliphatic heterocycles. The van der Waals surface area contributed by atoms with Crippen LogP contribution in [0.3, 0.4) is 0 Å². The van der Waals surface area contributed by atoms with Gasteiger partial charge in [0, 0.05) is 30.4 Å². The van der Waals surface area contributed by atoms with Gasteiger partial charge in [0.2, 0.25) is 5.91 Å². The maximum absolute atomic E-state index is 12.6. The Morgan fingerprint density at radius 2 is 1.96 bits per heavy atom. The van der Waals surface area contributed by atoms with Crippen LogP contribution in [0.5, 0.6) is 0 Å². The smallest absolute Gasteiger partial charge is 0.254 e. The van der Waals surface area contributed by atoms with E-state index in [1.54, 1.807) is 24.3 Å². The van der Waals surface area contributed by atoms with Crippen molar-refractivity contribution in [2.24, 2.45) is 0 Å². The maximum atomic E-state index is 12.6. The van der Waals surface area contributed by atoms with Crippen molar-refractivity contribution in [1.82, 2.24) is 10.2 Å². The molecule has 0 spiro atoms. The molecular formula is C18H26ClN3O3. The molecule has 6 nitrogen and oxygen atoms in total. The van der Waals surface area contributed by atoms with Crippen LogP contribution in [-0.2, 0) is 4.79 Å². The highest BCUT2D eigenvalue weighted by atomic mass is 35.5. The minimum atomic E-state index is -0.465. The van der Waals surface area contributed by atoms with Crippen LogP contribution in [0.4, 0.5) is 5.69 Å². The van der Waals surface area contributed by atoms with Gasteiger partial charge in [-0.2, -0.15) is 0 Å². The second-order valence-electron chi connectivity index (χ2n) is 6.76. The summed E-state index contributed by atoms with van der Waals surface area (Å²) in [5, 5.41) is 15.3. The van der Waals surface area contributed by atoms with Crippen molar-refractivity contribution >= 4 is 29.9 Å². The van der Waals surface area contributed by atoms with Gasteiger partial charge in [0.05, 0.1) is 12.1 Å². The Hall–Kier alpha value is -1.63. The summed E-state index contributed by atoms with van der Waals surface area (Å²) in [7, 11) is 0. The van der Waals surface area contributed by atoms with Crippen LogP contribution in [0, 0.1) is 0 Å². The molecule has 0 aromatic heterocycles. The first-order valence-corrected chi connectivity index (χ1v) is 8.68. The summed E-state index contributed by atoms with van der Waals surface area (Å²) in [6, 6.07) is 6.95. The first-order valence-electron chi connectivity index (χ1n) is 8.68. The van der Waals surface area contributed by atoms with Crippen LogP contribution in [0.1, 0.15) is 43.0 Å². The van der Waals surface area contributed by atoms with Crippen molar-refractivity contribution in [3.8, 4) is 0 Å². The van der Waals surface area contributed by atoms with Crippen molar-refractivity contribution in [3.05, 3.63) is 29.8 Å². The molecule has 3 unspecified atom stereocenters. The van der Waals surface area contributed by atoms with Gasteiger partial charge in [-0.25, -0.2) is 0 Å². The van der Waals surface area contributed by atoms with Crippen LogP contribution in [-0.4, -0.2) is 53.1 Å². The van der Waals surface area contributed by atoms with Crippen molar-refractivity contribution in [1.29, 1.82) is 0 Å². The number of β-amino-alcohol motifs (C(OH)–C–C–N with tert-alkyl or cyclic N) is 1. The lowest BCUT2D eigenvalue weighted by Gasteiger charge is -2.33. The van der Waals surface area contributed by atoms with E-state index in [-0.39, 0.29) is 36.3 Å². The Labute approximate surface area is 154 Å². The number of piperidine rings is 1. The lowest BCUT2D eigenvalue weighted by molar-refractivity contribution is -0.117. The van der Waals surface area contributed by atoms with Gasteiger partial charge in [0.1, 0.15) is 0 Å². The number of anilines is 1. The van der Waals surface area contributed by atoms with Gasteiger partial charge in [-0.15, -0.1) is 12.4 Å². The minimum Gasteiger partial charge on any atom is -0.392 e. The number of aliphatic hydroxyl groups excluding tert-OH is 1. The number of amides is 2. The second-order valence-corrected chi connectivity index (χ2v) is 6.76. The van der Waals surface area contributed by atoms with Crippen LogP contribution >= 0.6 is 12.4 Å². The minimum absolute atomic E-state index is 0. The predicted octanol–water partition coefficient (Wildman–Crippen LogP) is 1.78. The van der Waals surface area contributed by atoms with E-state index in [2.05, 4.69) is 17.6 Å². The average molecular weight is 368 g/mol. The molecule has 3 atom stereocenters. The van der Waals surface area contributed by atoms with Crippen LogP contribution in [0.15, 0.2) is 24.3 Å². The molecule has 0 bridgehead atoms. The van der Waals surface area contributed by atoms with Crippen LogP contribution < -0.4 is 10.6 Å². The van der Waals surface area contributed by atoms with Crippen molar-refractivity contribution in [2.45, 2.75) is 50.8 Å². The summed E-state index contributed by atoms with van der Waals surface area (Å²) in [6.45, 7) is 3.35. The molecular weight excluding hydrogens is 342 g/mol. The largest absolute Gasteiger partial charge is 0.392 e. The Bertz CT molecular complexity index is 608. The summed E-state index contributed by atoms with van der Waals surface area (Å²) < 4.78 is 0. The number of aliphatic hydroxyl groups is 1. The first kappa shape index (κ1) is 19.7. The lowest BCUT2D eigenvalue weighted by atomic mass is 10.0. The van der Waals surface area contributed by atoms with Crippen molar-refractivity contribution < 1.29 is 14.7 Å². The molecule has 0 aliphatic carbocycles. The van der Waals surface area contributed by atoms with Gasteiger partial charge in [-0.05, 0) is 56.9 Å². The number of nitrogens with zero attached hydrogens (tertiary/aromatic N) is 1. The third kappa shape index (κ3) is 4.71. The standard InChI is InChI=1S/C18H25N3O3.ClH/c1-12-4-2-3-9-21(12)18(24)13-5-7-14(8-6-13)20-17(23)16-10-15(22)11-19-16;/h5-8,12,15-16,19,22H,2-4,9-11H2,1H3,(H,20,23);1H. The van der Waals surface area contributed by atoms with Crippen molar-refractivity contribution in [3.63, 3.8) is 0 Å². The third-order valence-electron chi connectivity index (χ3n) is 4.89. The average Bonchev–Trinajstić information content (AvgIpc) is 3.02. The topological polar surface area (TPSA) is 81.7 Å². The molecule has 0 radical (unpaired) electrons. The molecule has 2 aliphatic rings. The number of hydrogen-bond donors (Lipinski definition) is 3.